The van der Waals surface area contributed by atoms with Crippen molar-refractivity contribution in [1.29, 1.82) is 0 Å². The molecule has 230 valence electrons. The number of carboxylic acid groups (broad SMARTS) is 1. The third-order valence-corrected chi connectivity index (χ3v) is 10.6. The van der Waals surface area contributed by atoms with Crippen LogP contribution in [-0.4, -0.2) is 38.8 Å². The molecule has 2 unspecified atom stereocenters. The zero-order valence-electron chi connectivity index (χ0n) is 25.8. The molecular formula is C39H34N2O3S2. The summed E-state index contributed by atoms with van der Waals surface area (Å²) in [4.78, 5) is 28.2. The van der Waals surface area contributed by atoms with Crippen LogP contribution in [0, 0.1) is 13.8 Å². The Hall–Kier alpha value is -4.46. The van der Waals surface area contributed by atoms with Gasteiger partial charge in [-0.1, -0.05) is 108 Å². The first-order valence-corrected chi connectivity index (χ1v) is 16.8. The third kappa shape index (κ3) is 5.81. The first kappa shape index (κ1) is 30.2. The van der Waals surface area contributed by atoms with E-state index < -0.39 is 12.5 Å². The van der Waals surface area contributed by atoms with Gasteiger partial charge in [0.05, 0.1) is 4.91 Å². The maximum Gasteiger partial charge on any atom is 0.323 e. The van der Waals surface area contributed by atoms with Gasteiger partial charge >= 0.3 is 5.97 Å². The van der Waals surface area contributed by atoms with Crippen LogP contribution < -0.4 is 4.90 Å². The van der Waals surface area contributed by atoms with Crippen molar-refractivity contribution in [1.82, 2.24) is 4.90 Å². The highest BCUT2D eigenvalue weighted by Crippen LogP contribution is 2.52. The van der Waals surface area contributed by atoms with E-state index in [0.29, 0.717) is 16.9 Å². The molecule has 0 spiro atoms. The number of rotatable bonds is 7. The fourth-order valence-electron chi connectivity index (χ4n) is 6.92. The molecule has 7 rings (SSSR count). The molecule has 0 radical (unpaired) electrons. The minimum Gasteiger partial charge on any atom is -0.480 e. The number of aryl methyl sites for hydroxylation is 2. The smallest absolute Gasteiger partial charge is 0.323 e. The molecule has 4 aromatic carbocycles. The highest BCUT2D eigenvalue weighted by Gasteiger charge is 2.42. The number of anilines is 2. The van der Waals surface area contributed by atoms with Crippen molar-refractivity contribution in [2.24, 2.45) is 0 Å². The third-order valence-electron chi connectivity index (χ3n) is 9.19. The Kier molecular flexibility index (Phi) is 8.13. The molecule has 3 aliphatic rings. The second-order valence-corrected chi connectivity index (χ2v) is 14.0. The molecule has 7 heteroatoms. The molecule has 2 heterocycles. The second kappa shape index (κ2) is 12.4. The average Bonchev–Trinajstić information content (AvgIpc) is 3.71. The molecule has 1 saturated carbocycles. The maximum atomic E-state index is 12.9. The first-order valence-electron chi connectivity index (χ1n) is 15.6. The lowest BCUT2D eigenvalue weighted by molar-refractivity contribution is -0.140. The molecule has 2 atom stereocenters. The van der Waals surface area contributed by atoms with E-state index in [4.69, 9.17) is 12.2 Å². The Labute approximate surface area is 279 Å². The van der Waals surface area contributed by atoms with Crippen LogP contribution in [0.5, 0.6) is 0 Å². The lowest BCUT2D eigenvalue weighted by Crippen LogP contribution is -2.33. The van der Waals surface area contributed by atoms with Crippen molar-refractivity contribution in [2.45, 2.75) is 45.1 Å². The Morgan fingerprint density at radius 2 is 1.52 bits per heavy atom. The second-order valence-electron chi connectivity index (χ2n) is 12.3. The lowest BCUT2D eigenvalue weighted by Gasteiger charge is -2.27. The summed E-state index contributed by atoms with van der Waals surface area (Å²) in [5.74, 6) is -0.996. The van der Waals surface area contributed by atoms with E-state index in [1.807, 2.05) is 12.1 Å². The van der Waals surface area contributed by atoms with Crippen molar-refractivity contribution < 1.29 is 14.7 Å². The van der Waals surface area contributed by atoms with E-state index in [1.54, 1.807) is 0 Å². The quantitative estimate of drug-likeness (QED) is 0.123. The normalized spacial score (nSPS) is 19.5. The monoisotopic (exact) mass is 642 g/mol. The average molecular weight is 643 g/mol. The topological polar surface area (TPSA) is 60.9 Å². The first-order chi connectivity index (χ1) is 22.2. The minimum atomic E-state index is -1.08. The van der Waals surface area contributed by atoms with Crippen LogP contribution in [-0.2, 0) is 9.59 Å². The van der Waals surface area contributed by atoms with E-state index >= 15 is 0 Å². The summed E-state index contributed by atoms with van der Waals surface area (Å²) in [5.41, 5.74) is 11.9. The number of thioether (sulfide) groups is 1. The van der Waals surface area contributed by atoms with Gasteiger partial charge in [0, 0.05) is 23.3 Å². The van der Waals surface area contributed by atoms with Crippen LogP contribution in [0.15, 0.2) is 95.9 Å². The van der Waals surface area contributed by atoms with Gasteiger partial charge in [-0.15, -0.1) is 0 Å². The van der Waals surface area contributed by atoms with Crippen molar-refractivity contribution in [3.63, 3.8) is 0 Å². The summed E-state index contributed by atoms with van der Waals surface area (Å²) in [5, 5.41) is 9.17. The van der Waals surface area contributed by atoms with Crippen molar-refractivity contribution in [3.05, 3.63) is 135 Å². The van der Waals surface area contributed by atoms with Gasteiger partial charge in [-0.25, -0.2) is 0 Å². The van der Waals surface area contributed by atoms with E-state index in [2.05, 4.69) is 110 Å². The number of amides is 1. The number of benzene rings is 4. The summed E-state index contributed by atoms with van der Waals surface area (Å²) in [6, 6.07) is 33.2. The molecule has 4 aromatic rings. The number of carbonyl (C=O) groups excluding carboxylic acids is 1. The van der Waals surface area contributed by atoms with Crippen LogP contribution in [0.3, 0.4) is 0 Å². The zero-order chi connectivity index (χ0) is 31.9. The highest BCUT2D eigenvalue weighted by atomic mass is 32.2. The van der Waals surface area contributed by atoms with Gasteiger partial charge < -0.3 is 10.0 Å². The lowest BCUT2D eigenvalue weighted by atomic mass is 9.94. The van der Waals surface area contributed by atoms with Gasteiger partial charge in [0.1, 0.15) is 10.9 Å². The molecule has 1 aliphatic carbocycles. The number of thiocarbonyl (C=S) groups is 1. The Morgan fingerprint density at radius 3 is 2.15 bits per heavy atom. The van der Waals surface area contributed by atoms with Crippen LogP contribution in [0.25, 0.3) is 17.7 Å². The number of nitrogens with zero attached hydrogens (tertiary/aromatic N) is 2. The van der Waals surface area contributed by atoms with E-state index in [0.717, 1.165) is 40.6 Å². The molecule has 0 aromatic heterocycles. The van der Waals surface area contributed by atoms with Crippen molar-refractivity contribution in [3.8, 4) is 0 Å². The van der Waals surface area contributed by atoms with E-state index in [9.17, 15) is 14.7 Å². The van der Waals surface area contributed by atoms with Crippen LogP contribution in [0.1, 0.15) is 64.1 Å². The van der Waals surface area contributed by atoms with Gasteiger partial charge in [0.25, 0.3) is 5.91 Å². The Morgan fingerprint density at radius 1 is 0.891 bits per heavy atom. The van der Waals surface area contributed by atoms with Gasteiger partial charge in [-0.2, -0.15) is 0 Å². The molecule has 1 amide bonds. The molecule has 1 N–H and O–H groups in total. The fourth-order valence-corrected chi connectivity index (χ4v) is 8.18. The molecular weight excluding hydrogens is 609 g/mol. The molecule has 1 saturated heterocycles. The summed E-state index contributed by atoms with van der Waals surface area (Å²) in [6.07, 6.45) is 7.57. The largest absolute Gasteiger partial charge is 0.480 e. The van der Waals surface area contributed by atoms with E-state index in [1.165, 1.54) is 51.2 Å². The number of hydrogen-bond acceptors (Lipinski definition) is 5. The summed E-state index contributed by atoms with van der Waals surface area (Å²) < 4.78 is 0.282. The number of carboxylic acids is 1. The maximum absolute atomic E-state index is 12.9. The van der Waals surface area contributed by atoms with E-state index in [-0.39, 0.29) is 10.2 Å². The number of carbonyl (C=O) groups is 2. The SMILES string of the molecule is Cc1ccc(C(=Cc2ccc(N3c4ccc(C=C5SC(=S)N(CC(=O)O)C5=O)cc4C4CCCC43)cc2)c2ccc(C)cc2)cc1. The van der Waals surface area contributed by atoms with Gasteiger partial charge in [-0.05, 0) is 96.5 Å². The van der Waals surface area contributed by atoms with Crippen LogP contribution in [0.2, 0.25) is 0 Å². The Bertz CT molecular complexity index is 1860. The van der Waals surface area contributed by atoms with Crippen LogP contribution in [0.4, 0.5) is 11.4 Å². The highest BCUT2D eigenvalue weighted by molar-refractivity contribution is 8.26. The predicted molar refractivity (Wildman–Crippen MR) is 192 cm³/mol. The standard InChI is InChI=1S/C39H34N2O3S2/c1-24-6-13-28(14-7-24)32(29-15-8-25(2)9-16-29)20-26-10-17-30(18-11-26)41-34-5-3-4-31(34)33-21-27(12-19-35(33)41)22-36-38(44)40(23-37(42)43)39(45)46-36/h6-22,31,34H,3-5,23H2,1-2H3,(H,42,43). The summed E-state index contributed by atoms with van der Waals surface area (Å²) in [7, 11) is 0. The van der Waals surface area contributed by atoms with Crippen molar-refractivity contribution in [2.75, 3.05) is 11.4 Å². The van der Waals surface area contributed by atoms with Gasteiger partial charge in [0.2, 0.25) is 0 Å². The molecule has 2 fully saturated rings. The molecule has 5 nitrogen and oxygen atoms in total. The number of fused-ring (bicyclic) bond motifs is 3. The summed E-state index contributed by atoms with van der Waals surface area (Å²) >= 11 is 6.45. The number of aliphatic carboxylic acids is 1. The molecule has 46 heavy (non-hydrogen) atoms. The van der Waals surface area contributed by atoms with Gasteiger partial charge in [-0.3, -0.25) is 14.5 Å². The fraction of sp³-hybridized carbons (Fsp3) is 0.205. The number of hydrogen-bond donors (Lipinski definition) is 1. The zero-order valence-corrected chi connectivity index (χ0v) is 27.4. The molecule has 0 bridgehead atoms. The Balaban J connectivity index is 1.19. The van der Waals surface area contributed by atoms with Gasteiger partial charge in [0.15, 0.2) is 0 Å². The molecule has 2 aliphatic heterocycles. The van der Waals surface area contributed by atoms with Crippen molar-refractivity contribution >= 4 is 69.3 Å². The summed E-state index contributed by atoms with van der Waals surface area (Å²) in [6.45, 7) is 3.81. The van der Waals surface area contributed by atoms with Crippen LogP contribution >= 0.6 is 24.0 Å². The minimum absolute atomic E-state index is 0.282. The predicted octanol–water partition coefficient (Wildman–Crippen LogP) is 8.97.